The van der Waals surface area contributed by atoms with Gasteiger partial charge >= 0.3 is 12.2 Å². The first kappa shape index (κ1) is 40.7. The Morgan fingerprint density at radius 3 is 1.79 bits per heavy atom. The third-order valence-electron chi connectivity index (χ3n) is 11.6. The third-order valence-corrected chi connectivity index (χ3v) is 11.6. The molecule has 2 aliphatic rings. The summed E-state index contributed by atoms with van der Waals surface area (Å²) in [6, 6.07) is 24.1. The fourth-order valence-corrected chi connectivity index (χ4v) is 8.40. The van der Waals surface area contributed by atoms with E-state index in [1.807, 2.05) is 24.9 Å². The number of carbonyl (C=O) groups is 4. The second-order valence-electron chi connectivity index (χ2n) is 15.8. The Balaban J connectivity index is 0.942. The highest BCUT2D eigenvalue weighted by molar-refractivity contribution is 5.91. The second kappa shape index (κ2) is 17.7. The summed E-state index contributed by atoms with van der Waals surface area (Å²) in [5, 5.41) is 7.53. The van der Waals surface area contributed by atoms with Crippen LogP contribution in [-0.2, 0) is 19.1 Å². The van der Waals surface area contributed by atoms with Gasteiger partial charge in [-0.1, -0.05) is 68.4 Å². The van der Waals surface area contributed by atoms with Crippen LogP contribution in [0.4, 0.5) is 9.59 Å². The number of nitrogens with one attached hydrogen (secondary N) is 4. The molecule has 5 heterocycles. The number of ether oxygens (including phenoxy) is 2. The minimum Gasteiger partial charge on any atom is -0.453 e. The molecule has 8 rings (SSSR count). The molecule has 2 fully saturated rings. The first-order valence-electron chi connectivity index (χ1n) is 20.6. The van der Waals surface area contributed by atoms with Crippen molar-refractivity contribution >= 4 is 34.8 Å². The Labute approximate surface area is 353 Å². The van der Waals surface area contributed by atoms with E-state index >= 15 is 0 Å². The van der Waals surface area contributed by atoms with E-state index in [0.29, 0.717) is 24.6 Å². The number of aromatic nitrogens is 5. The zero-order chi connectivity index (χ0) is 42.6. The first-order valence-corrected chi connectivity index (χ1v) is 20.6. The van der Waals surface area contributed by atoms with E-state index in [0.717, 1.165) is 75.9 Å². The van der Waals surface area contributed by atoms with Gasteiger partial charge in [-0.3, -0.25) is 14.6 Å². The van der Waals surface area contributed by atoms with E-state index in [9.17, 15) is 19.2 Å². The Kier molecular flexibility index (Phi) is 11.8. The van der Waals surface area contributed by atoms with E-state index in [1.54, 1.807) is 35.5 Å². The summed E-state index contributed by atoms with van der Waals surface area (Å²) in [5.41, 5.74) is 6.23. The van der Waals surface area contributed by atoms with E-state index < -0.39 is 24.3 Å². The topological polar surface area (TPSA) is 188 Å². The number of H-pyrrole nitrogens is 2. The maximum atomic E-state index is 13.9. The molecule has 4 N–H and O–H groups in total. The van der Waals surface area contributed by atoms with Crippen molar-refractivity contribution in [2.24, 2.45) is 5.92 Å². The smallest absolute Gasteiger partial charge is 0.407 e. The Morgan fingerprint density at radius 2 is 1.20 bits per heavy atom. The number of rotatable bonds is 11. The number of hydrogen-bond donors (Lipinski definition) is 4. The molecule has 0 aliphatic carbocycles. The monoisotopic (exact) mass is 823 g/mol. The number of imidazole rings is 2. The molecular formula is C46H49N9O6. The van der Waals surface area contributed by atoms with Crippen LogP contribution in [0.25, 0.3) is 44.4 Å². The van der Waals surface area contributed by atoms with Crippen molar-refractivity contribution in [3.8, 4) is 33.6 Å². The summed E-state index contributed by atoms with van der Waals surface area (Å²) in [6.07, 6.45) is 7.02. The lowest BCUT2D eigenvalue weighted by atomic mass is 9.98. The van der Waals surface area contributed by atoms with Crippen LogP contribution in [0, 0.1) is 5.92 Å². The lowest BCUT2D eigenvalue weighted by molar-refractivity contribution is -0.136. The molecule has 0 bridgehead atoms. The van der Waals surface area contributed by atoms with E-state index in [4.69, 9.17) is 19.4 Å². The molecule has 4 atom stereocenters. The molecule has 3 aromatic carbocycles. The number of pyridine rings is 1. The van der Waals surface area contributed by atoms with Gasteiger partial charge in [0.1, 0.15) is 17.7 Å². The summed E-state index contributed by atoms with van der Waals surface area (Å²) in [5.74, 6) is 0.884. The highest BCUT2D eigenvalue weighted by Gasteiger charge is 2.39. The molecule has 2 aliphatic heterocycles. The van der Waals surface area contributed by atoms with Crippen LogP contribution in [0.5, 0.6) is 0 Å². The summed E-state index contributed by atoms with van der Waals surface area (Å²) in [7, 11) is 2.55. The maximum absolute atomic E-state index is 13.9. The summed E-state index contributed by atoms with van der Waals surface area (Å²) < 4.78 is 9.57. The van der Waals surface area contributed by atoms with Crippen LogP contribution in [0.1, 0.15) is 75.0 Å². The van der Waals surface area contributed by atoms with Crippen LogP contribution < -0.4 is 10.6 Å². The van der Waals surface area contributed by atoms with Crippen LogP contribution in [-0.4, -0.2) is 92.1 Å². The number of fused-ring (bicyclic) bond motifs is 1. The fraction of sp³-hybridized carbons (Fsp3) is 0.326. The molecule has 0 spiro atoms. The van der Waals surface area contributed by atoms with Crippen molar-refractivity contribution in [3.05, 3.63) is 115 Å². The number of hydrogen-bond acceptors (Lipinski definition) is 9. The van der Waals surface area contributed by atoms with Gasteiger partial charge in [0.15, 0.2) is 6.04 Å². The lowest BCUT2D eigenvalue weighted by Gasteiger charge is -2.30. The molecule has 3 aromatic heterocycles. The Morgan fingerprint density at radius 1 is 0.656 bits per heavy atom. The van der Waals surface area contributed by atoms with Crippen LogP contribution in [0.15, 0.2) is 97.5 Å². The summed E-state index contributed by atoms with van der Waals surface area (Å²) >= 11 is 0. The van der Waals surface area contributed by atoms with E-state index in [1.165, 1.54) is 14.2 Å². The van der Waals surface area contributed by atoms with Gasteiger partial charge in [0.05, 0.1) is 55.8 Å². The number of amides is 4. The fourth-order valence-electron chi connectivity index (χ4n) is 8.40. The predicted octanol–water partition coefficient (Wildman–Crippen LogP) is 7.49. The first-order chi connectivity index (χ1) is 29.6. The molecule has 2 saturated heterocycles. The molecule has 0 radical (unpaired) electrons. The van der Waals surface area contributed by atoms with Gasteiger partial charge in [-0.05, 0) is 83.3 Å². The molecule has 15 heteroatoms. The zero-order valence-corrected chi connectivity index (χ0v) is 34.6. The van der Waals surface area contributed by atoms with Crippen LogP contribution in [0.2, 0.25) is 0 Å². The van der Waals surface area contributed by atoms with Crippen molar-refractivity contribution in [1.29, 1.82) is 0 Å². The van der Waals surface area contributed by atoms with Crippen molar-refractivity contribution in [2.45, 2.75) is 63.7 Å². The van der Waals surface area contributed by atoms with Crippen molar-refractivity contribution in [2.75, 3.05) is 27.3 Å². The highest BCUT2D eigenvalue weighted by Crippen LogP contribution is 2.36. The molecular weight excluding hydrogens is 775 g/mol. The van der Waals surface area contributed by atoms with Gasteiger partial charge in [-0.15, -0.1) is 0 Å². The molecule has 314 valence electrons. The summed E-state index contributed by atoms with van der Waals surface area (Å²) in [4.78, 5) is 75.9. The average Bonchev–Trinajstić information content (AvgIpc) is 4.14. The van der Waals surface area contributed by atoms with Gasteiger partial charge in [0.25, 0.3) is 5.91 Å². The number of nitrogens with zero attached hydrogens (tertiary/aromatic N) is 5. The molecule has 61 heavy (non-hydrogen) atoms. The molecule has 15 nitrogen and oxygen atoms in total. The zero-order valence-electron chi connectivity index (χ0n) is 34.6. The number of alkyl carbamates (subject to hydrolysis) is 2. The number of aromatic amines is 2. The number of methoxy groups -OCH3 is 2. The van der Waals surface area contributed by atoms with Crippen LogP contribution >= 0.6 is 0 Å². The van der Waals surface area contributed by atoms with Gasteiger partial charge in [-0.25, -0.2) is 19.6 Å². The third kappa shape index (κ3) is 8.54. The Bertz CT molecular complexity index is 2540. The minimum absolute atomic E-state index is 0.109. The van der Waals surface area contributed by atoms with Crippen molar-refractivity contribution in [1.82, 2.24) is 45.4 Å². The average molecular weight is 824 g/mol. The Hall–Kier alpha value is -7.03. The SMILES string of the molecule is COC(=O)NC(C(=O)N1CCCC1c1ncc(-c2ccc(-c3ccc4cc(-c5cnc(C6CCCN6C(=O)C(NC(=O)OC)C(C)C)[nH]5)ccc4c3)cc2)[nH]1)c1ccccn1. The normalized spacial score (nSPS) is 17.3. The lowest BCUT2D eigenvalue weighted by Crippen LogP contribution is -2.51. The number of carbonyl (C=O) groups excluding carboxylic acids is 4. The standard InChI is InChI=1S/C46H49N9O6/c1-27(2)39(52-45(58)60-3)43(56)54-21-7-10-37(54)42-49-26-36(51-42)33-19-18-31-23-30(16-17-32(31)24-33)28-12-14-29(15-13-28)35-25-48-41(50-35)38-11-8-22-55(38)44(57)40(53-46(59)61-4)34-9-5-6-20-47-34/h5-6,9,12-20,23-27,37-40H,7-8,10-11,21-22H2,1-4H3,(H,48,50)(H,49,51)(H,52,58)(H,53,59). The molecule has 0 saturated carbocycles. The summed E-state index contributed by atoms with van der Waals surface area (Å²) in [6.45, 7) is 4.92. The van der Waals surface area contributed by atoms with Gasteiger partial charge in [0.2, 0.25) is 5.91 Å². The minimum atomic E-state index is -0.991. The molecule has 4 amide bonds. The van der Waals surface area contributed by atoms with Crippen molar-refractivity contribution < 1.29 is 28.7 Å². The van der Waals surface area contributed by atoms with E-state index in [2.05, 4.69) is 86.2 Å². The number of benzene rings is 3. The highest BCUT2D eigenvalue weighted by atomic mass is 16.5. The van der Waals surface area contributed by atoms with E-state index in [-0.39, 0.29) is 29.8 Å². The maximum Gasteiger partial charge on any atom is 0.407 e. The second-order valence-corrected chi connectivity index (χ2v) is 15.8. The number of likely N-dealkylation sites (tertiary alicyclic amines) is 2. The largest absolute Gasteiger partial charge is 0.453 e. The molecule has 6 aromatic rings. The van der Waals surface area contributed by atoms with Crippen LogP contribution in [0.3, 0.4) is 0 Å². The van der Waals surface area contributed by atoms with Gasteiger partial charge in [0, 0.05) is 24.8 Å². The quantitative estimate of drug-likeness (QED) is 0.103. The predicted molar refractivity (Wildman–Crippen MR) is 229 cm³/mol. The van der Waals surface area contributed by atoms with Crippen molar-refractivity contribution in [3.63, 3.8) is 0 Å². The molecule has 4 unspecified atom stereocenters. The van der Waals surface area contributed by atoms with Gasteiger partial charge < -0.3 is 39.9 Å². The van der Waals surface area contributed by atoms with Gasteiger partial charge in [-0.2, -0.15) is 0 Å².